The molecule has 1 amide bonds. The second kappa shape index (κ2) is 5.80. The highest BCUT2D eigenvalue weighted by molar-refractivity contribution is 5.83. The van der Waals surface area contributed by atoms with E-state index >= 15 is 0 Å². The zero-order chi connectivity index (χ0) is 13.7. The summed E-state index contributed by atoms with van der Waals surface area (Å²) in [6.45, 7) is 1.64. The molecule has 1 aromatic rings. The van der Waals surface area contributed by atoms with Crippen LogP contribution in [-0.4, -0.2) is 36.0 Å². The topological polar surface area (TPSA) is 109 Å². The first-order valence-electron chi connectivity index (χ1n) is 5.30. The molecule has 0 fully saturated rings. The first kappa shape index (κ1) is 13.7. The molecule has 0 aliphatic heterocycles. The number of hydrogen-bond donors (Lipinski definition) is 3. The molecule has 18 heavy (non-hydrogen) atoms. The molecule has 0 saturated carbocycles. The van der Waals surface area contributed by atoms with E-state index in [2.05, 4.69) is 20.9 Å². The van der Waals surface area contributed by atoms with Crippen molar-refractivity contribution in [2.75, 3.05) is 24.7 Å². The van der Waals surface area contributed by atoms with Crippen LogP contribution in [0.4, 0.5) is 17.3 Å². The molecule has 1 atom stereocenters. The van der Waals surface area contributed by atoms with Gasteiger partial charge in [-0.05, 0) is 6.92 Å². The summed E-state index contributed by atoms with van der Waals surface area (Å²) in [6, 6.07) is 2.06. The fraction of sp³-hybridized carbons (Fsp3) is 0.400. The standard InChI is InChI=1S/C10H15N5O3/c1-6(10(16)12-3)13-9-5-7(15(17)18)4-8(11-2)14-9/h4-6H,1-3H3,(H,12,16)(H2,11,13,14). The van der Waals surface area contributed by atoms with Crippen LogP contribution in [-0.2, 0) is 4.79 Å². The zero-order valence-corrected chi connectivity index (χ0v) is 10.4. The molecule has 1 heterocycles. The molecule has 1 rings (SSSR count). The quantitative estimate of drug-likeness (QED) is 0.523. The summed E-state index contributed by atoms with van der Waals surface area (Å²) in [7, 11) is 3.12. The second-order valence-electron chi connectivity index (χ2n) is 3.58. The lowest BCUT2D eigenvalue weighted by Gasteiger charge is -2.13. The number of nitro groups is 1. The average Bonchev–Trinajstić information content (AvgIpc) is 2.36. The van der Waals surface area contributed by atoms with Gasteiger partial charge < -0.3 is 16.0 Å². The summed E-state index contributed by atoms with van der Waals surface area (Å²) in [6.07, 6.45) is 0. The minimum atomic E-state index is -0.533. The third-order valence-electron chi connectivity index (χ3n) is 2.28. The van der Waals surface area contributed by atoms with Gasteiger partial charge in [0.2, 0.25) is 5.91 Å². The van der Waals surface area contributed by atoms with Gasteiger partial charge in [-0.3, -0.25) is 14.9 Å². The van der Waals surface area contributed by atoms with Crippen molar-refractivity contribution in [2.45, 2.75) is 13.0 Å². The number of nitrogens with zero attached hydrogens (tertiary/aromatic N) is 2. The maximum Gasteiger partial charge on any atom is 0.276 e. The first-order chi connectivity index (χ1) is 8.47. The van der Waals surface area contributed by atoms with Gasteiger partial charge in [0.1, 0.15) is 17.7 Å². The van der Waals surface area contributed by atoms with Crippen LogP contribution < -0.4 is 16.0 Å². The maximum atomic E-state index is 11.3. The summed E-state index contributed by atoms with van der Waals surface area (Å²) in [5.41, 5.74) is -0.0963. The minimum absolute atomic E-state index is 0.0963. The summed E-state index contributed by atoms with van der Waals surface area (Å²) in [5, 5.41) is 18.7. The Bertz CT molecular complexity index is 463. The Hall–Kier alpha value is -2.38. The monoisotopic (exact) mass is 253 g/mol. The Labute approximate surface area is 104 Å². The Morgan fingerprint density at radius 1 is 1.39 bits per heavy atom. The van der Waals surface area contributed by atoms with E-state index in [1.54, 1.807) is 14.0 Å². The van der Waals surface area contributed by atoms with Gasteiger partial charge in [0.05, 0.1) is 17.1 Å². The fourth-order valence-electron chi connectivity index (χ4n) is 1.33. The van der Waals surface area contributed by atoms with Crippen LogP contribution >= 0.6 is 0 Å². The van der Waals surface area contributed by atoms with Crippen LogP contribution in [0.5, 0.6) is 0 Å². The summed E-state index contributed by atoms with van der Waals surface area (Å²) in [4.78, 5) is 25.6. The molecule has 3 N–H and O–H groups in total. The third-order valence-corrected chi connectivity index (χ3v) is 2.28. The number of amides is 1. The van der Waals surface area contributed by atoms with Crippen LogP contribution in [0.15, 0.2) is 12.1 Å². The van der Waals surface area contributed by atoms with Gasteiger partial charge in [-0.25, -0.2) is 4.98 Å². The van der Waals surface area contributed by atoms with Crippen LogP contribution in [0.1, 0.15) is 6.92 Å². The number of carbonyl (C=O) groups is 1. The number of likely N-dealkylation sites (N-methyl/N-ethyl adjacent to an activating group) is 1. The van der Waals surface area contributed by atoms with Crippen molar-refractivity contribution >= 4 is 23.2 Å². The third kappa shape index (κ3) is 3.30. The van der Waals surface area contributed by atoms with Gasteiger partial charge in [0.15, 0.2) is 0 Å². The molecule has 0 aliphatic rings. The van der Waals surface area contributed by atoms with Crippen molar-refractivity contribution in [2.24, 2.45) is 0 Å². The molecule has 98 valence electrons. The van der Waals surface area contributed by atoms with Crippen LogP contribution in [0.3, 0.4) is 0 Å². The summed E-state index contributed by atoms with van der Waals surface area (Å²) < 4.78 is 0. The molecule has 0 bridgehead atoms. The van der Waals surface area contributed by atoms with Crippen LogP contribution in [0, 0.1) is 10.1 Å². The van der Waals surface area contributed by atoms with Crippen molar-refractivity contribution < 1.29 is 9.72 Å². The summed E-state index contributed by atoms with van der Waals surface area (Å²) >= 11 is 0. The van der Waals surface area contributed by atoms with Gasteiger partial charge in [-0.1, -0.05) is 0 Å². The first-order valence-corrected chi connectivity index (χ1v) is 5.30. The van der Waals surface area contributed by atoms with Gasteiger partial charge in [0.25, 0.3) is 5.69 Å². The molecule has 1 unspecified atom stereocenters. The molecule has 0 aliphatic carbocycles. The SMILES string of the molecule is CNC(=O)C(C)Nc1cc([N+](=O)[O-])cc(NC)n1. The van der Waals surface area contributed by atoms with Crippen LogP contribution in [0.25, 0.3) is 0 Å². The smallest absolute Gasteiger partial charge is 0.276 e. The number of nitrogens with one attached hydrogen (secondary N) is 3. The lowest BCUT2D eigenvalue weighted by Crippen LogP contribution is -2.35. The average molecular weight is 253 g/mol. The number of aromatic nitrogens is 1. The molecular weight excluding hydrogens is 238 g/mol. The highest BCUT2D eigenvalue weighted by Gasteiger charge is 2.15. The molecule has 8 nitrogen and oxygen atoms in total. The zero-order valence-electron chi connectivity index (χ0n) is 10.4. The van der Waals surface area contributed by atoms with Gasteiger partial charge in [-0.2, -0.15) is 0 Å². The van der Waals surface area contributed by atoms with Gasteiger partial charge in [-0.15, -0.1) is 0 Å². The lowest BCUT2D eigenvalue weighted by atomic mass is 10.3. The maximum absolute atomic E-state index is 11.3. The predicted molar refractivity (Wildman–Crippen MR) is 67.6 cm³/mol. The molecule has 0 radical (unpaired) electrons. The minimum Gasteiger partial charge on any atom is -0.373 e. The van der Waals surface area contributed by atoms with E-state index in [9.17, 15) is 14.9 Å². The van der Waals surface area contributed by atoms with Crippen LogP contribution in [0.2, 0.25) is 0 Å². The van der Waals surface area contributed by atoms with E-state index in [0.717, 1.165) is 0 Å². The molecule has 8 heteroatoms. The Morgan fingerprint density at radius 3 is 2.50 bits per heavy atom. The number of anilines is 2. The molecule has 0 saturated heterocycles. The van der Waals surface area contributed by atoms with Gasteiger partial charge >= 0.3 is 0 Å². The van der Waals surface area contributed by atoms with E-state index in [1.807, 2.05) is 0 Å². The molecule has 0 aromatic carbocycles. The van der Waals surface area contributed by atoms with E-state index in [-0.39, 0.29) is 17.4 Å². The van der Waals surface area contributed by atoms with Crippen molar-refractivity contribution in [3.8, 4) is 0 Å². The normalized spacial score (nSPS) is 11.5. The summed E-state index contributed by atoms with van der Waals surface area (Å²) in [5.74, 6) is 0.398. The van der Waals surface area contributed by atoms with E-state index in [0.29, 0.717) is 5.82 Å². The van der Waals surface area contributed by atoms with Crippen molar-refractivity contribution in [3.05, 3.63) is 22.2 Å². The Morgan fingerprint density at radius 2 is 2.00 bits per heavy atom. The lowest BCUT2D eigenvalue weighted by molar-refractivity contribution is -0.384. The highest BCUT2D eigenvalue weighted by Crippen LogP contribution is 2.20. The number of rotatable bonds is 5. The highest BCUT2D eigenvalue weighted by atomic mass is 16.6. The fourth-order valence-corrected chi connectivity index (χ4v) is 1.33. The number of pyridine rings is 1. The molecule has 1 aromatic heterocycles. The largest absolute Gasteiger partial charge is 0.373 e. The van der Waals surface area contributed by atoms with Crippen molar-refractivity contribution in [1.82, 2.24) is 10.3 Å². The van der Waals surface area contributed by atoms with E-state index in [4.69, 9.17) is 0 Å². The molecular formula is C10H15N5O3. The number of carbonyl (C=O) groups excluding carboxylic acids is 1. The van der Waals surface area contributed by atoms with Crippen molar-refractivity contribution in [3.63, 3.8) is 0 Å². The Kier molecular flexibility index (Phi) is 4.41. The second-order valence-corrected chi connectivity index (χ2v) is 3.58. The molecule has 0 spiro atoms. The van der Waals surface area contributed by atoms with E-state index in [1.165, 1.54) is 19.2 Å². The Balaban J connectivity index is 2.98. The van der Waals surface area contributed by atoms with E-state index < -0.39 is 11.0 Å². The number of hydrogen-bond acceptors (Lipinski definition) is 6. The van der Waals surface area contributed by atoms with Gasteiger partial charge in [0, 0.05) is 14.1 Å². The predicted octanol–water partition coefficient (Wildman–Crippen LogP) is 0.578. The van der Waals surface area contributed by atoms with Crippen molar-refractivity contribution in [1.29, 1.82) is 0 Å².